The smallest absolute Gasteiger partial charge is 0.338 e. The molecule has 0 spiro atoms. The van der Waals surface area contributed by atoms with Crippen molar-refractivity contribution in [3.63, 3.8) is 0 Å². The lowest BCUT2D eigenvalue weighted by Crippen LogP contribution is -2.21. The van der Waals surface area contributed by atoms with Gasteiger partial charge in [-0.1, -0.05) is 18.2 Å². The number of rotatable bonds is 5. The molecule has 0 aliphatic heterocycles. The summed E-state index contributed by atoms with van der Waals surface area (Å²) in [5.74, 6) is -0.865. The molecule has 0 heterocycles. The van der Waals surface area contributed by atoms with Gasteiger partial charge in [0, 0.05) is 10.6 Å². The molecule has 0 fully saturated rings. The van der Waals surface area contributed by atoms with Crippen molar-refractivity contribution in [2.45, 2.75) is 11.8 Å². The predicted octanol–water partition coefficient (Wildman–Crippen LogP) is 3.51. The number of carbonyl (C=O) groups excluding carboxylic acids is 2. The summed E-state index contributed by atoms with van der Waals surface area (Å²) in [7, 11) is 0. The number of amides is 1. The van der Waals surface area contributed by atoms with Gasteiger partial charge in [0.05, 0.1) is 5.56 Å². The zero-order valence-electron chi connectivity index (χ0n) is 12.5. The molecule has 5 heteroatoms. The number of esters is 1. The summed E-state index contributed by atoms with van der Waals surface area (Å²) >= 11 is 1.59. The third kappa shape index (κ3) is 4.36. The van der Waals surface area contributed by atoms with Crippen molar-refractivity contribution in [3.8, 4) is 0 Å². The number of hydrogen-bond acceptors (Lipinski definition) is 4. The Bertz CT molecular complexity index is 668. The molecule has 0 saturated carbocycles. The summed E-state index contributed by atoms with van der Waals surface area (Å²) in [6.45, 7) is 1.59. The molecule has 0 bridgehead atoms. The fraction of sp³-hybridized carbons (Fsp3) is 0.176. The van der Waals surface area contributed by atoms with E-state index in [0.29, 0.717) is 11.3 Å². The Balaban J connectivity index is 1.87. The SMILES string of the molecule is CSc1ccc(C(=O)OCC(=O)Nc2ccccc2C)cc1. The highest BCUT2D eigenvalue weighted by molar-refractivity contribution is 7.98. The Labute approximate surface area is 133 Å². The van der Waals surface area contributed by atoms with Crippen LogP contribution in [-0.2, 0) is 9.53 Å². The molecule has 0 atom stereocenters. The first kappa shape index (κ1) is 16.1. The summed E-state index contributed by atoms with van der Waals surface area (Å²) in [5, 5.41) is 2.72. The van der Waals surface area contributed by atoms with E-state index in [1.807, 2.05) is 43.5 Å². The number of thioether (sulfide) groups is 1. The number of hydrogen-bond donors (Lipinski definition) is 1. The molecule has 1 amide bonds. The maximum absolute atomic E-state index is 11.9. The molecule has 0 radical (unpaired) electrons. The number of anilines is 1. The van der Waals surface area contributed by atoms with E-state index in [1.54, 1.807) is 30.0 Å². The fourth-order valence-electron chi connectivity index (χ4n) is 1.84. The van der Waals surface area contributed by atoms with E-state index in [9.17, 15) is 9.59 Å². The minimum absolute atomic E-state index is 0.308. The number of aryl methyl sites for hydroxylation is 1. The van der Waals surface area contributed by atoms with E-state index >= 15 is 0 Å². The second-order valence-corrected chi connectivity index (χ2v) is 5.55. The molecule has 0 unspecified atom stereocenters. The third-order valence-corrected chi connectivity index (χ3v) is 3.82. The van der Waals surface area contributed by atoms with Gasteiger partial charge in [-0.05, 0) is 49.1 Å². The van der Waals surface area contributed by atoms with Crippen LogP contribution in [0.1, 0.15) is 15.9 Å². The van der Waals surface area contributed by atoms with Crippen molar-refractivity contribution in [1.82, 2.24) is 0 Å². The first-order chi connectivity index (χ1) is 10.6. The van der Waals surface area contributed by atoms with Gasteiger partial charge in [0.15, 0.2) is 6.61 Å². The monoisotopic (exact) mass is 315 g/mol. The molecule has 1 N–H and O–H groups in total. The molecule has 22 heavy (non-hydrogen) atoms. The van der Waals surface area contributed by atoms with Gasteiger partial charge >= 0.3 is 5.97 Å². The van der Waals surface area contributed by atoms with E-state index in [1.165, 1.54) is 0 Å². The zero-order chi connectivity index (χ0) is 15.9. The van der Waals surface area contributed by atoms with Gasteiger partial charge < -0.3 is 10.1 Å². The first-order valence-corrected chi connectivity index (χ1v) is 7.99. The third-order valence-electron chi connectivity index (χ3n) is 3.08. The molecule has 0 saturated heterocycles. The molecule has 114 valence electrons. The highest BCUT2D eigenvalue weighted by atomic mass is 32.2. The van der Waals surface area contributed by atoms with Gasteiger partial charge in [0.1, 0.15) is 0 Å². The number of nitrogens with one attached hydrogen (secondary N) is 1. The Morgan fingerprint density at radius 3 is 2.41 bits per heavy atom. The number of benzene rings is 2. The van der Waals surface area contributed by atoms with Crippen LogP contribution in [0.25, 0.3) is 0 Å². The highest BCUT2D eigenvalue weighted by Gasteiger charge is 2.10. The van der Waals surface area contributed by atoms with Gasteiger partial charge in [-0.3, -0.25) is 4.79 Å². The van der Waals surface area contributed by atoms with Crippen molar-refractivity contribution < 1.29 is 14.3 Å². The van der Waals surface area contributed by atoms with Crippen LogP contribution in [0.15, 0.2) is 53.4 Å². The molecule has 0 aromatic heterocycles. The van der Waals surface area contributed by atoms with Gasteiger partial charge in [-0.15, -0.1) is 11.8 Å². The Kier molecular flexibility index (Phi) is 5.61. The van der Waals surface area contributed by atoms with E-state index in [2.05, 4.69) is 5.32 Å². The normalized spacial score (nSPS) is 10.1. The van der Waals surface area contributed by atoms with Crippen molar-refractivity contribution in [1.29, 1.82) is 0 Å². The molecular formula is C17H17NO3S. The number of ether oxygens (including phenoxy) is 1. The summed E-state index contributed by atoms with van der Waals surface area (Å²) in [6, 6.07) is 14.5. The van der Waals surface area contributed by atoms with Gasteiger partial charge in [0.25, 0.3) is 5.91 Å². The largest absolute Gasteiger partial charge is 0.452 e. The summed E-state index contributed by atoms with van der Waals surface area (Å²) in [5.41, 5.74) is 2.10. The minimum Gasteiger partial charge on any atom is -0.452 e. The molecule has 2 rings (SSSR count). The Morgan fingerprint density at radius 1 is 1.09 bits per heavy atom. The predicted molar refractivity (Wildman–Crippen MR) is 88.3 cm³/mol. The van der Waals surface area contributed by atoms with Gasteiger partial charge in [-0.2, -0.15) is 0 Å². The highest BCUT2D eigenvalue weighted by Crippen LogP contribution is 2.15. The lowest BCUT2D eigenvalue weighted by Gasteiger charge is -2.08. The Hall–Kier alpha value is -2.27. The molecule has 4 nitrogen and oxygen atoms in total. The van der Waals surface area contributed by atoms with Crippen LogP contribution in [0.4, 0.5) is 5.69 Å². The van der Waals surface area contributed by atoms with Crippen LogP contribution in [0.5, 0.6) is 0 Å². The standard InChI is InChI=1S/C17H17NO3S/c1-12-5-3-4-6-15(12)18-16(19)11-21-17(20)13-7-9-14(22-2)10-8-13/h3-10H,11H2,1-2H3,(H,18,19). The molecule has 0 aliphatic rings. The lowest BCUT2D eigenvalue weighted by atomic mass is 10.2. The molecule has 2 aromatic rings. The average Bonchev–Trinajstić information content (AvgIpc) is 2.55. The van der Waals surface area contributed by atoms with Crippen LogP contribution >= 0.6 is 11.8 Å². The van der Waals surface area contributed by atoms with E-state index in [4.69, 9.17) is 4.74 Å². The van der Waals surface area contributed by atoms with Crippen molar-refractivity contribution in [3.05, 3.63) is 59.7 Å². The van der Waals surface area contributed by atoms with E-state index in [-0.39, 0.29) is 12.5 Å². The summed E-state index contributed by atoms with van der Waals surface area (Å²) in [6.07, 6.45) is 1.96. The maximum Gasteiger partial charge on any atom is 0.338 e. The number of carbonyl (C=O) groups is 2. The Morgan fingerprint density at radius 2 is 1.77 bits per heavy atom. The molecule has 2 aromatic carbocycles. The maximum atomic E-state index is 11.9. The van der Waals surface area contributed by atoms with Crippen LogP contribution < -0.4 is 5.32 Å². The molecule has 0 aliphatic carbocycles. The fourth-order valence-corrected chi connectivity index (χ4v) is 2.25. The molecular weight excluding hydrogens is 298 g/mol. The average molecular weight is 315 g/mol. The van der Waals surface area contributed by atoms with Crippen LogP contribution in [-0.4, -0.2) is 24.7 Å². The topological polar surface area (TPSA) is 55.4 Å². The number of para-hydroxylation sites is 1. The van der Waals surface area contributed by atoms with Crippen LogP contribution in [0.2, 0.25) is 0 Å². The second kappa shape index (κ2) is 7.66. The van der Waals surface area contributed by atoms with Crippen molar-refractivity contribution >= 4 is 29.3 Å². The first-order valence-electron chi connectivity index (χ1n) is 6.77. The summed E-state index contributed by atoms with van der Waals surface area (Å²) in [4.78, 5) is 24.7. The van der Waals surface area contributed by atoms with Crippen molar-refractivity contribution in [2.24, 2.45) is 0 Å². The van der Waals surface area contributed by atoms with E-state index in [0.717, 1.165) is 10.5 Å². The van der Waals surface area contributed by atoms with Crippen LogP contribution in [0.3, 0.4) is 0 Å². The van der Waals surface area contributed by atoms with Crippen LogP contribution in [0, 0.1) is 6.92 Å². The quantitative estimate of drug-likeness (QED) is 0.677. The van der Waals surface area contributed by atoms with Gasteiger partial charge in [-0.25, -0.2) is 4.79 Å². The zero-order valence-corrected chi connectivity index (χ0v) is 13.3. The van der Waals surface area contributed by atoms with E-state index < -0.39 is 5.97 Å². The summed E-state index contributed by atoms with van der Waals surface area (Å²) < 4.78 is 5.02. The minimum atomic E-state index is -0.507. The van der Waals surface area contributed by atoms with Crippen molar-refractivity contribution in [2.75, 3.05) is 18.2 Å². The lowest BCUT2D eigenvalue weighted by molar-refractivity contribution is -0.119. The van der Waals surface area contributed by atoms with Gasteiger partial charge in [0.2, 0.25) is 0 Å². The second-order valence-electron chi connectivity index (χ2n) is 4.67.